The minimum atomic E-state index is -1.82. The number of aromatic hydroxyl groups is 1. The van der Waals surface area contributed by atoms with Gasteiger partial charge in [0.2, 0.25) is 65.0 Å². The number of likely N-dealkylation sites (tertiary alicyclic amines) is 1. The summed E-state index contributed by atoms with van der Waals surface area (Å²) >= 11 is 6.26. The Balaban J connectivity index is 1.29. The number of aromatic nitrogens is 1. The van der Waals surface area contributed by atoms with Gasteiger partial charge in [-0.3, -0.25) is 67.7 Å². The van der Waals surface area contributed by atoms with Crippen LogP contribution in [0.5, 0.6) is 5.75 Å². The third-order valence-electron chi connectivity index (χ3n) is 18.5. The van der Waals surface area contributed by atoms with Gasteiger partial charge in [-0.05, 0) is 162 Å². The molecule has 31 nitrogen and oxygen atoms in total. The van der Waals surface area contributed by atoms with E-state index in [1.165, 1.54) is 55.4 Å². The summed E-state index contributed by atoms with van der Waals surface area (Å²) in [6.45, 7) is 16.3. The molecule has 32 heteroatoms. The molecule has 0 spiro atoms. The number of guanidine groups is 2. The first-order valence-electron chi connectivity index (χ1n) is 38.6. The lowest BCUT2D eigenvalue weighted by atomic mass is 9.99. The normalized spacial score (nSPS) is 14.8. The number of primary amides is 1. The Morgan fingerprint density at radius 1 is 0.518 bits per heavy atom. The Hall–Kier alpha value is -10.9. The van der Waals surface area contributed by atoms with Crippen molar-refractivity contribution >= 4 is 99.3 Å². The fourth-order valence-corrected chi connectivity index (χ4v) is 12.8. The summed E-state index contributed by atoms with van der Waals surface area (Å²) in [4.78, 5) is 172. The highest BCUT2D eigenvalue weighted by Gasteiger charge is 2.40. The highest BCUT2D eigenvalue weighted by atomic mass is 35.5. The minimum Gasteiger partial charge on any atom is -0.508 e. The van der Waals surface area contributed by atoms with E-state index in [1.807, 2.05) is 84.0 Å². The smallest absolute Gasteiger partial charge is 0.245 e. The molecule has 0 bridgehead atoms. The number of hydrogen-bond acceptors (Lipinski definition) is 16. The summed E-state index contributed by atoms with van der Waals surface area (Å²) in [5, 5.41) is 60.9. The van der Waals surface area contributed by atoms with Gasteiger partial charge in [-0.1, -0.05) is 98.2 Å². The highest BCUT2D eigenvalue weighted by molar-refractivity contribution is 6.30. The number of pyridine rings is 1. The maximum atomic E-state index is 15.2. The number of unbranched alkanes of at least 4 members (excludes halogenated alkanes) is 2. The second-order valence-corrected chi connectivity index (χ2v) is 28.5. The van der Waals surface area contributed by atoms with E-state index in [-0.39, 0.29) is 76.0 Å². The molecule has 17 N–H and O–H groups in total. The van der Waals surface area contributed by atoms with Crippen LogP contribution in [0, 0.1) is 5.92 Å². The Kier molecular flexibility index (Phi) is 38.0. The monoisotopic (exact) mass is 1570 g/mol. The topological polar surface area (TPSA) is 451 Å². The Bertz CT molecular complexity index is 3970. The second kappa shape index (κ2) is 47.3. The van der Waals surface area contributed by atoms with Gasteiger partial charge in [0.05, 0.1) is 6.61 Å². The van der Waals surface area contributed by atoms with Crippen molar-refractivity contribution in [2.75, 3.05) is 52.4 Å². The molecule has 1 fully saturated rings. The average molecular weight is 1570 g/mol. The van der Waals surface area contributed by atoms with Gasteiger partial charge in [-0.25, -0.2) is 0 Å². The number of rotatable bonds is 44. The van der Waals surface area contributed by atoms with Crippen molar-refractivity contribution < 1.29 is 63.0 Å². The van der Waals surface area contributed by atoms with E-state index < -0.39 is 132 Å². The van der Waals surface area contributed by atoms with Crippen LogP contribution < -0.4 is 74.9 Å². The molecular weight excluding hydrogens is 1460 g/mol. The molecule has 11 amide bonds. The van der Waals surface area contributed by atoms with Gasteiger partial charge in [0.1, 0.15) is 66.2 Å². The molecule has 2 heterocycles. The molecule has 0 aliphatic carbocycles. The van der Waals surface area contributed by atoms with Crippen molar-refractivity contribution in [2.45, 2.75) is 199 Å². The Labute approximate surface area is 660 Å². The van der Waals surface area contributed by atoms with E-state index >= 15 is 9.59 Å². The summed E-state index contributed by atoms with van der Waals surface area (Å²) in [5.41, 5.74) is 7.61. The number of hydrogen-bond donors (Lipinski definition) is 16. The van der Waals surface area contributed by atoms with Crippen LogP contribution in [-0.4, -0.2) is 210 Å². The number of nitrogens with zero attached hydrogens (tertiary/aromatic N) is 4. The number of carbonyl (C=O) groups excluding carboxylic acids is 11. The van der Waals surface area contributed by atoms with Gasteiger partial charge in [0, 0.05) is 95.8 Å². The van der Waals surface area contributed by atoms with Gasteiger partial charge in [0.15, 0.2) is 11.9 Å². The average Bonchev–Trinajstić information content (AvgIpc) is 1.06. The van der Waals surface area contributed by atoms with E-state index in [0.717, 1.165) is 10.8 Å². The maximum absolute atomic E-state index is 15.2. The van der Waals surface area contributed by atoms with Crippen molar-refractivity contribution in [1.82, 2.24) is 79.0 Å². The SMILES string of the molecule is CCNC(=NCCCC[C@H](NC(=O)[C@@H](CC(C)C)NC(=O)[C@@H](CCCCN=C(NCC)NCC)NC(=O)[C@H](Cc1ccc(O)cc1)NC(=O)[C@H](CO)NC(=O)[C@@H](Cc1cccnc1)NC(=O)[C@@H](Cc1ccc(Cl)cc1)NC(=O)[C@@H](Cc1ccc2ccccc2c1)NC(C)=O)C(=O)N1CCC[C@H]1C(=O)N[C@H](C)C(N)=O)NCC. The lowest BCUT2D eigenvalue weighted by Crippen LogP contribution is -2.61. The second-order valence-electron chi connectivity index (χ2n) is 28.0. The molecule has 0 saturated carbocycles. The molecule has 112 heavy (non-hydrogen) atoms. The van der Waals surface area contributed by atoms with Crippen molar-refractivity contribution in [3.05, 3.63) is 143 Å². The fraction of sp³-hybridized carbons (Fsp3) is 0.500. The Morgan fingerprint density at radius 3 is 1.47 bits per heavy atom. The number of amides is 11. The minimum absolute atomic E-state index is 0.0365. The maximum Gasteiger partial charge on any atom is 0.245 e. The van der Waals surface area contributed by atoms with Gasteiger partial charge in [0.25, 0.3) is 0 Å². The van der Waals surface area contributed by atoms with Crippen LogP contribution in [0.15, 0.2) is 126 Å². The molecule has 0 unspecified atom stereocenters. The number of nitrogens with two attached hydrogens (primary N) is 1. The number of aliphatic hydroxyl groups is 1. The van der Waals surface area contributed by atoms with Gasteiger partial charge in [-0.2, -0.15) is 0 Å². The predicted octanol–water partition coefficient (Wildman–Crippen LogP) is 2.27. The summed E-state index contributed by atoms with van der Waals surface area (Å²) < 4.78 is 0. The molecular formula is C80H113ClN18O13. The van der Waals surface area contributed by atoms with Crippen LogP contribution in [0.1, 0.15) is 135 Å². The molecule has 1 aliphatic heterocycles. The van der Waals surface area contributed by atoms with Crippen LogP contribution >= 0.6 is 11.6 Å². The number of fused-ring (bicyclic) bond motifs is 1. The first-order chi connectivity index (χ1) is 53.7. The van der Waals surface area contributed by atoms with Crippen molar-refractivity contribution in [3.8, 4) is 5.75 Å². The summed E-state index contributed by atoms with van der Waals surface area (Å²) in [6, 6.07) is 15.3. The summed E-state index contributed by atoms with van der Waals surface area (Å²) in [6.07, 6.45) is 4.77. The number of carbonyl (C=O) groups is 11. The van der Waals surface area contributed by atoms with Gasteiger partial charge < -0.3 is 90.0 Å². The zero-order valence-electron chi connectivity index (χ0n) is 65.3. The number of benzene rings is 4. The van der Waals surface area contributed by atoms with Crippen molar-refractivity contribution in [3.63, 3.8) is 0 Å². The van der Waals surface area contributed by atoms with Crippen LogP contribution in [0.2, 0.25) is 5.02 Å². The lowest BCUT2D eigenvalue weighted by molar-refractivity contribution is -0.142. The summed E-state index contributed by atoms with van der Waals surface area (Å²) in [7, 11) is 0. The number of phenols is 1. The number of halogens is 1. The van der Waals surface area contributed by atoms with Gasteiger partial charge in [-0.15, -0.1) is 0 Å². The zero-order valence-corrected chi connectivity index (χ0v) is 66.1. The standard InChI is InChI=1S/C80H113ClN18O13/c1-9-84-79(85-10-2)88-38-17-15-24-60(70(104)94-62(41-49(5)6)71(105)93-61(25-16-18-39-89-80(86-11-3)87-12-4)78(112)99-40-20-26-68(99)77(111)90-50(7)69(82)103)92-73(107)64(44-53-30-35-59(102)36-31-53)97-76(110)67(48-100)98-75(109)66(46-55-21-19-37-83-47-55)96-74(108)65(43-52-28-33-58(81)34-29-52)95-72(106)63(91-51(8)101)45-54-27-32-56-22-13-14-23-57(56)42-54/h13-14,19,21-23,27-37,42,47,49-50,60-68,100,102H,9-12,15-18,20,24-26,38-41,43-46,48H2,1-8H3,(H2,82,103)(H,90,111)(H,91,101)(H,92,107)(H,93,105)(H,94,104)(H,95,106)(H,96,108)(H,97,110)(H,98,109)(H2,84,85,88)(H2,86,87,89)/t50-,60-,61+,62-,63-,64+,65-,66-,67+,68+/m1/s1. The lowest BCUT2D eigenvalue weighted by Gasteiger charge is -2.31. The fourth-order valence-electron chi connectivity index (χ4n) is 12.7. The molecule has 0 radical (unpaired) electrons. The molecule has 5 aromatic rings. The number of aliphatic imine (C=N–C) groups is 2. The number of nitrogens with one attached hydrogen (secondary N) is 13. The third-order valence-corrected chi connectivity index (χ3v) is 18.7. The van der Waals surface area contributed by atoms with E-state index in [1.54, 1.807) is 36.4 Å². The molecule has 1 aromatic heterocycles. The first-order valence-corrected chi connectivity index (χ1v) is 38.9. The van der Waals surface area contributed by atoms with Crippen LogP contribution in [0.4, 0.5) is 0 Å². The van der Waals surface area contributed by atoms with E-state index in [2.05, 4.69) is 84.1 Å². The van der Waals surface area contributed by atoms with E-state index in [4.69, 9.17) is 17.3 Å². The van der Waals surface area contributed by atoms with Gasteiger partial charge >= 0.3 is 0 Å². The van der Waals surface area contributed by atoms with Crippen molar-refractivity contribution in [1.29, 1.82) is 0 Å². The largest absolute Gasteiger partial charge is 0.508 e. The molecule has 4 aromatic carbocycles. The van der Waals surface area contributed by atoms with E-state index in [9.17, 15) is 53.4 Å². The Morgan fingerprint density at radius 2 is 0.964 bits per heavy atom. The van der Waals surface area contributed by atoms with Crippen LogP contribution in [0.25, 0.3) is 10.8 Å². The third kappa shape index (κ3) is 30.4. The molecule has 608 valence electrons. The van der Waals surface area contributed by atoms with Crippen molar-refractivity contribution in [2.24, 2.45) is 21.6 Å². The number of phenolic OH excluding ortho intramolecular Hbond substituents is 1. The number of aliphatic hydroxyl groups excluding tert-OH is 1. The molecule has 1 aliphatic rings. The summed E-state index contributed by atoms with van der Waals surface area (Å²) in [5.74, 6) is -7.72. The predicted molar refractivity (Wildman–Crippen MR) is 429 cm³/mol. The molecule has 6 rings (SSSR count). The quantitative estimate of drug-likeness (QED) is 0.0151. The molecule has 10 atom stereocenters. The van der Waals surface area contributed by atoms with E-state index in [0.29, 0.717) is 104 Å². The highest BCUT2D eigenvalue weighted by Crippen LogP contribution is 2.23. The first kappa shape index (κ1) is 89.9. The van der Waals surface area contributed by atoms with Crippen LogP contribution in [0.3, 0.4) is 0 Å². The van der Waals surface area contributed by atoms with Crippen LogP contribution in [-0.2, 0) is 78.4 Å². The molecule has 1 saturated heterocycles. The zero-order chi connectivity index (χ0) is 81.7.